The van der Waals surface area contributed by atoms with Crippen molar-refractivity contribution in [2.75, 3.05) is 13.4 Å². The van der Waals surface area contributed by atoms with E-state index in [4.69, 9.17) is 9.47 Å². The number of aryl methyl sites for hydroxylation is 1. The highest BCUT2D eigenvalue weighted by Crippen LogP contribution is 2.29. The topological polar surface area (TPSA) is 38.7 Å². The molecule has 30 heavy (non-hydrogen) atoms. The zero-order chi connectivity index (χ0) is 21.1. The van der Waals surface area contributed by atoms with Crippen LogP contribution in [0.5, 0.6) is 5.75 Å². The lowest BCUT2D eigenvalue weighted by Gasteiger charge is -2.33. The van der Waals surface area contributed by atoms with Crippen molar-refractivity contribution in [2.24, 2.45) is 0 Å². The van der Waals surface area contributed by atoms with Crippen LogP contribution in [0, 0.1) is 0 Å². The van der Waals surface area contributed by atoms with Gasteiger partial charge in [-0.25, -0.2) is 0 Å². The number of ether oxygens (including phenoxy) is 2. The number of aliphatic hydroxyl groups is 1. The van der Waals surface area contributed by atoms with E-state index in [-0.39, 0.29) is 19.0 Å². The predicted octanol–water partition coefficient (Wildman–Crippen LogP) is 6.26. The third-order valence-corrected chi connectivity index (χ3v) is 5.54. The molecule has 1 N–H and O–H groups in total. The summed E-state index contributed by atoms with van der Waals surface area (Å²) in [6, 6.07) is 28.8. The van der Waals surface area contributed by atoms with Crippen LogP contribution >= 0.6 is 0 Å². The van der Waals surface area contributed by atoms with E-state index >= 15 is 0 Å². The summed E-state index contributed by atoms with van der Waals surface area (Å²) in [6.07, 6.45) is 4.30. The van der Waals surface area contributed by atoms with Gasteiger partial charge in [0.2, 0.25) is 0 Å². The quantitative estimate of drug-likeness (QED) is 0.362. The van der Waals surface area contributed by atoms with E-state index in [1.165, 1.54) is 11.1 Å². The number of aliphatic hydroxyl groups excluding tert-OH is 1. The Bertz CT molecular complexity index is 838. The van der Waals surface area contributed by atoms with Crippen molar-refractivity contribution in [3.63, 3.8) is 0 Å². The molecule has 3 aromatic carbocycles. The predicted molar refractivity (Wildman–Crippen MR) is 123 cm³/mol. The molecule has 3 aromatic rings. The van der Waals surface area contributed by atoms with Gasteiger partial charge in [-0.15, -0.1) is 0 Å². The fraction of sp³-hybridized carbons (Fsp3) is 0.333. The van der Waals surface area contributed by atoms with Gasteiger partial charge < -0.3 is 14.6 Å². The molecule has 3 rings (SSSR count). The maximum atomic E-state index is 9.66. The van der Waals surface area contributed by atoms with Gasteiger partial charge in [-0.2, -0.15) is 0 Å². The van der Waals surface area contributed by atoms with Gasteiger partial charge in [0.15, 0.2) is 6.79 Å². The summed E-state index contributed by atoms with van der Waals surface area (Å²) in [7, 11) is 0. The second-order valence-corrected chi connectivity index (χ2v) is 7.69. The lowest BCUT2D eigenvalue weighted by atomic mass is 9.87. The molecule has 3 heteroatoms. The number of benzene rings is 3. The standard InChI is InChI=1S/C27H32O3/c1-2-18-27(20-21-28,19-17-23-9-5-3-6-10-23)30-22-29-26-15-13-25(14-16-26)24-11-7-4-8-12-24/h3-16,28H,2,17-22H2,1H3. The Morgan fingerprint density at radius 2 is 1.37 bits per heavy atom. The summed E-state index contributed by atoms with van der Waals surface area (Å²) < 4.78 is 12.2. The summed E-state index contributed by atoms with van der Waals surface area (Å²) in [6.45, 7) is 2.45. The molecule has 0 saturated heterocycles. The zero-order valence-corrected chi connectivity index (χ0v) is 17.8. The van der Waals surface area contributed by atoms with Crippen LogP contribution in [-0.2, 0) is 11.2 Å². The van der Waals surface area contributed by atoms with Crippen molar-refractivity contribution in [3.05, 3.63) is 90.5 Å². The highest BCUT2D eigenvalue weighted by Gasteiger charge is 2.29. The van der Waals surface area contributed by atoms with E-state index < -0.39 is 0 Å². The second-order valence-electron chi connectivity index (χ2n) is 7.69. The van der Waals surface area contributed by atoms with Crippen molar-refractivity contribution in [2.45, 2.75) is 44.6 Å². The van der Waals surface area contributed by atoms with Gasteiger partial charge in [-0.3, -0.25) is 0 Å². The summed E-state index contributed by atoms with van der Waals surface area (Å²) in [5.74, 6) is 0.784. The second kappa shape index (κ2) is 11.5. The van der Waals surface area contributed by atoms with E-state index in [0.29, 0.717) is 6.42 Å². The minimum atomic E-state index is -0.372. The Kier molecular flexibility index (Phi) is 8.49. The molecule has 1 unspecified atom stereocenters. The summed E-state index contributed by atoms with van der Waals surface area (Å²) in [5.41, 5.74) is 3.26. The van der Waals surface area contributed by atoms with Crippen molar-refractivity contribution in [3.8, 4) is 16.9 Å². The van der Waals surface area contributed by atoms with Crippen LogP contribution in [0.4, 0.5) is 0 Å². The van der Waals surface area contributed by atoms with Crippen LogP contribution < -0.4 is 4.74 Å². The van der Waals surface area contributed by atoms with Gasteiger partial charge in [-0.05, 0) is 54.5 Å². The molecule has 0 aliphatic heterocycles. The van der Waals surface area contributed by atoms with Crippen molar-refractivity contribution in [1.29, 1.82) is 0 Å². The molecule has 1 atom stereocenters. The fourth-order valence-corrected chi connectivity index (χ4v) is 3.86. The maximum Gasteiger partial charge on any atom is 0.189 e. The molecule has 0 aliphatic carbocycles. The molecular formula is C27H32O3. The smallest absolute Gasteiger partial charge is 0.189 e. The molecule has 3 nitrogen and oxygen atoms in total. The molecule has 0 spiro atoms. The van der Waals surface area contributed by atoms with Crippen LogP contribution in [0.2, 0.25) is 0 Å². The largest absolute Gasteiger partial charge is 0.468 e. The van der Waals surface area contributed by atoms with E-state index in [1.54, 1.807) is 0 Å². The lowest BCUT2D eigenvalue weighted by molar-refractivity contribution is -0.123. The molecule has 0 aliphatic rings. The first-order valence-corrected chi connectivity index (χ1v) is 10.8. The molecule has 0 fully saturated rings. The minimum absolute atomic E-state index is 0.112. The number of rotatable bonds is 12. The third kappa shape index (κ3) is 6.45. The van der Waals surface area contributed by atoms with Crippen LogP contribution in [0.15, 0.2) is 84.9 Å². The van der Waals surface area contributed by atoms with E-state index in [2.05, 4.69) is 55.5 Å². The van der Waals surface area contributed by atoms with Crippen LogP contribution in [0.3, 0.4) is 0 Å². The van der Waals surface area contributed by atoms with Crippen molar-refractivity contribution < 1.29 is 14.6 Å². The van der Waals surface area contributed by atoms with Crippen LogP contribution in [0.1, 0.15) is 38.2 Å². The third-order valence-electron chi connectivity index (χ3n) is 5.54. The molecule has 0 radical (unpaired) electrons. The summed E-state index contributed by atoms with van der Waals surface area (Å²) in [4.78, 5) is 0. The summed E-state index contributed by atoms with van der Waals surface area (Å²) >= 11 is 0. The molecule has 0 saturated carbocycles. The SMILES string of the molecule is CCCC(CCO)(CCc1ccccc1)OCOc1ccc(-c2ccccc2)cc1. The molecule has 0 aromatic heterocycles. The van der Waals surface area contributed by atoms with Crippen LogP contribution in [-0.4, -0.2) is 24.1 Å². The first-order valence-electron chi connectivity index (χ1n) is 10.8. The van der Waals surface area contributed by atoms with E-state index in [0.717, 1.165) is 37.0 Å². The fourth-order valence-electron chi connectivity index (χ4n) is 3.86. The monoisotopic (exact) mass is 404 g/mol. The molecular weight excluding hydrogens is 372 g/mol. The van der Waals surface area contributed by atoms with Crippen molar-refractivity contribution in [1.82, 2.24) is 0 Å². The maximum absolute atomic E-state index is 9.66. The molecule has 0 bridgehead atoms. The van der Waals surface area contributed by atoms with Gasteiger partial charge in [0, 0.05) is 6.61 Å². The van der Waals surface area contributed by atoms with Gasteiger partial charge in [0.25, 0.3) is 0 Å². The van der Waals surface area contributed by atoms with E-state index in [9.17, 15) is 5.11 Å². The van der Waals surface area contributed by atoms with E-state index in [1.807, 2.05) is 36.4 Å². The highest BCUT2D eigenvalue weighted by molar-refractivity contribution is 5.63. The Hall–Kier alpha value is -2.62. The first kappa shape index (κ1) is 22.1. The average Bonchev–Trinajstić information content (AvgIpc) is 2.80. The zero-order valence-electron chi connectivity index (χ0n) is 17.8. The van der Waals surface area contributed by atoms with Gasteiger partial charge in [-0.1, -0.05) is 86.1 Å². The van der Waals surface area contributed by atoms with Crippen LogP contribution in [0.25, 0.3) is 11.1 Å². The molecule has 0 heterocycles. The lowest BCUT2D eigenvalue weighted by Crippen LogP contribution is -2.36. The molecule has 0 amide bonds. The minimum Gasteiger partial charge on any atom is -0.468 e. The number of hydrogen-bond acceptors (Lipinski definition) is 3. The van der Waals surface area contributed by atoms with Gasteiger partial charge in [0.05, 0.1) is 5.60 Å². The first-order chi connectivity index (χ1) is 14.7. The Balaban J connectivity index is 1.59. The van der Waals surface area contributed by atoms with Gasteiger partial charge >= 0.3 is 0 Å². The summed E-state index contributed by atoms with van der Waals surface area (Å²) in [5, 5.41) is 9.66. The Morgan fingerprint density at radius 3 is 2.00 bits per heavy atom. The normalized spacial score (nSPS) is 13.0. The molecule has 158 valence electrons. The number of hydrogen-bond donors (Lipinski definition) is 1. The Labute approximate surface area is 180 Å². The van der Waals surface area contributed by atoms with Gasteiger partial charge in [0.1, 0.15) is 5.75 Å². The average molecular weight is 405 g/mol. The Morgan fingerprint density at radius 1 is 0.733 bits per heavy atom. The highest BCUT2D eigenvalue weighted by atomic mass is 16.7. The van der Waals surface area contributed by atoms with Crippen molar-refractivity contribution >= 4 is 0 Å².